The highest BCUT2D eigenvalue weighted by Crippen LogP contribution is 2.43. The highest BCUT2D eigenvalue weighted by molar-refractivity contribution is 5.83. The van der Waals surface area contributed by atoms with Crippen molar-refractivity contribution in [2.45, 2.75) is 39.0 Å². The molecule has 1 atom stereocenters. The average Bonchev–Trinajstić information content (AvgIpc) is 2.76. The molecule has 1 aliphatic heterocycles. The lowest BCUT2D eigenvalue weighted by molar-refractivity contribution is -0.141. The fourth-order valence-electron chi connectivity index (χ4n) is 3.12. The minimum Gasteiger partial charge on any atom is -0.481 e. The van der Waals surface area contributed by atoms with Crippen LogP contribution in [-0.2, 0) is 9.59 Å². The Morgan fingerprint density at radius 2 is 1.95 bits per heavy atom. The summed E-state index contributed by atoms with van der Waals surface area (Å²) in [6, 6.07) is -0.239. The van der Waals surface area contributed by atoms with Crippen LogP contribution in [0.4, 0.5) is 4.79 Å². The number of carboxylic acids is 1. The van der Waals surface area contributed by atoms with Crippen LogP contribution >= 0.6 is 0 Å². The molecule has 7 heteroatoms. The Labute approximate surface area is 123 Å². The molecule has 1 aliphatic carbocycles. The van der Waals surface area contributed by atoms with Gasteiger partial charge >= 0.3 is 12.0 Å². The van der Waals surface area contributed by atoms with Gasteiger partial charge in [0.25, 0.3) is 0 Å². The number of primary amides is 1. The van der Waals surface area contributed by atoms with E-state index in [9.17, 15) is 14.4 Å². The first kappa shape index (κ1) is 15.6. The number of carbonyl (C=O) groups excluding carboxylic acids is 2. The van der Waals surface area contributed by atoms with E-state index < -0.39 is 11.4 Å². The van der Waals surface area contributed by atoms with E-state index in [1.54, 1.807) is 11.8 Å². The molecule has 0 spiro atoms. The van der Waals surface area contributed by atoms with E-state index in [1.165, 1.54) is 0 Å². The molecule has 1 saturated heterocycles. The lowest BCUT2D eigenvalue weighted by Gasteiger charge is -2.41. The summed E-state index contributed by atoms with van der Waals surface area (Å²) in [6.07, 6.45) is 3.33. The molecule has 1 unspecified atom stereocenters. The number of hydrogen-bond donors (Lipinski definition) is 3. The van der Waals surface area contributed by atoms with Crippen LogP contribution in [-0.4, -0.2) is 47.5 Å². The van der Waals surface area contributed by atoms with Crippen LogP contribution in [0.15, 0.2) is 0 Å². The van der Waals surface area contributed by atoms with Crippen LogP contribution in [0.5, 0.6) is 0 Å². The van der Waals surface area contributed by atoms with Gasteiger partial charge in [-0.05, 0) is 31.6 Å². The molecule has 0 aromatic carbocycles. The first-order valence-corrected chi connectivity index (χ1v) is 7.31. The first-order chi connectivity index (χ1) is 9.76. The van der Waals surface area contributed by atoms with Gasteiger partial charge < -0.3 is 21.1 Å². The fourth-order valence-corrected chi connectivity index (χ4v) is 3.12. The van der Waals surface area contributed by atoms with Crippen LogP contribution in [0, 0.1) is 10.8 Å². The quantitative estimate of drug-likeness (QED) is 0.687. The molecule has 2 rings (SSSR count). The summed E-state index contributed by atoms with van der Waals surface area (Å²) in [5, 5.41) is 11.8. The number of likely N-dealkylation sites (tertiary alicyclic amines) is 1. The number of urea groups is 1. The normalized spacial score (nSPS) is 27.0. The van der Waals surface area contributed by atoms with Crippen molar-refractivity contribution >= 4 is 17.9 Å². The lowest BCUT2D eigenvalue weighted by atomic mass is 9.66. The number of carboxylic acid groups (broad SMARTS) is 1. The van der Waals surface area contributed by atoms with Crippen molar-refractivity contribution < 1.29 is 19.5 Å². The summed E-state index contributed by atoms with van der Waals surface area (Å²) >= 11 is 0. The molecule has 2 fully saturated rings. The summed E-state index contributed by atoms with van der Waals surface area (Å²) in [5.41, 5.74) is 4.40. The number of amides is 3. The van der Waals surface area contributed by atoms with Crippen LogP contribution in [0.2, 0.25) is 0 Å². The van der Waals surface area contributed by atoms with E-state index in [4.69, 9.17) is 10.8 Å². The smallest absolute Gasteiger partial charge is 0.317 e. The highest BCUT2D eigenvalue weighted by atomic mass is 16.4. The summed E-state index contributed by atoms with van der Waals surface area (Å²) < 4.78 is 0. The average molecular weight is 297 g/mol. The Hall–Kier alpha value is -1.79. The van der Waals surface area contributed by atoms with Crippen LogP contribution in [0.3, 0.4) is 0 Å². The van der Waals surface area contributed by atoms with Gasteiger partial charge in [0.15, 0.2) is 0 Å². The van der Waals surface area contributed by atoms with Crippen LogP contribution in [0.1, 0.15) is 39.0 Å². The SMILES string of the molecule is CC1(C(N)=O)CCN(C(=O)NCC2(CC(=O)O)CCC2)C1. The molecule has 1 heterocycles. The monoisotopic (exact) mass is 297 g/mol. The Morgan fingerprint density at radius 3 is 2.38 bits per heavy atom. The molecule has 2 aliphatic rings. The zero-order valence-electron chi connectivity index (χ0n) is 12.4. The number of nitrogens with one attached hydrogen (secondary N) is 1. The zero-order valence-corrected chi connectivity index (χ0v) is 12.4. The fraction of sp³-hybridized carbons (Fsp3) is 0.786. The van der Waals surface area contributed by atoms with Gasteiger partial charge in [-0.2, -0.15) is 0 Å². The number of hydrogen-bond acceptors (Lipinski definition) is 3. The number of nitrogens with zero attached hydrogens (tertiary/aromatic N) is 1. The third-order valence-electron chi connectivity index (χ3n) is 4.91. The third kappa shape index (κ3) is 3.28. The molecule has 4 N–H and O–H groups in total. The third-order valence-corrected chi connectivity index (χ3v) is 4.91. The van der Waals surface area contributed by atoms with E-state index in [-0.39, 0.29) is 23.8 Å². The van der Waals surface area contributed by atoms with Crippen molar-refractivity contribution in [3.63, 3.8) is 0 Å². The molecule has 118 valence electrons. The molecular weight excluding hydrogens is 274 g/mol. The maximum atomic E-state index is 12.1. The molecule has 0 radical (unpaired) electrons. The molecule has 0 bridgehead atoms. The predicted octanol–water partition coefficient (Wildman–Crippen LogP) is 0.538. The maximum Gasteiger partial charge on any atom is 0.317 e. The molecule has 7 nitrogen and oxygen atoms in total. The van der Waals surface area contributed by atoms with Crippen molar-refractivity contribution in [2.75, 3.05) is 19.6 Å². The molecule has 0 aromatic heterocycles. The van der Waals surface area contributed by atoms with Gasteiger partial charge in [0.2, 0.25) is 5.91 Å². The largest absolute Gasteiger partial charge is 0.481 e. The van der Waals surface area contributed by atoms with E-state index in [0.29, 0.717) is 26.1 Å². The van der Waals surface area contributed by atoms with Gasteiger partial charge in [-0.3, -0.25) is 9.59 Å². The Balaban J connectivity index is 1.85. The van der Waals surface area contributed by atoms with E-state index in [0.717, 1.165) is 19.3 Å². The maximum absolute atomic E-state index is 12.1. The summed E-state index contributed by atoms with van der Waals surface area (Å²) in [6.45, 7) is 2.96. The van der Waals surface area contributed by atoms with Crippen molar-refractivity contribution in [2.24, 2.45) is 16.6 Å². The van der Waals surface area contributed by atoms with Crippen LogP contribution in [0.25, 0.3) is 0 Å². The first-order valence-electron chi connectivity index (χ1n) is 7.31. The summed E-state index contributed by atoms with van der Waals surface area (Å²) in [5.74, 6) is -1.22. The van der Waals surface area contributed by atoms with E-state index in [1.807, 2.05) is 0 Å². The molecular formula is C14H23N3O4. The predicted molar refractivity (Wildman–Crippen MR) is 75.4 cm³/mol. The standard InChI is InChI=1S/C14H23N3O4/c1-13(11(15)20)5-6-17(9-13)12(21)16-8-14(3-2-4-14)7-10(18)19/h2-9H2,1H3,(H2,15,20)(H,16,21)(H,18,19). The number of aliphatic carboxylic acids is 1. The number of nitrogens with two attached hydrogens (primary N) is 1. The molecule has 1 saturated carbocycles. The second kappa shape index (κ2) is 5.54. The minimum atomic E-state index is -0.827. The Kier molecular flexibility index (Phi) is 4.11. The van der Waals surface area contributed by atoms with Gasteiger partial charge in [-0.1, -0.05) is 6.42 Å². The minimum absolute atomic E-state index is 0.0896. The number of carbonyl (C=O) groups is 3. The van der Waals surface area contributed by atoms with Gasteiger partial charge in [0.05, 0.1) is 11.8 Å². The second-order valence-corrected chi connectivity index (χ2v) is 6.68. The lowest BCUT2D eigenvalue weighted by Crippen LogP contribution is -2.48. The topological polar surface area (TPSA) is 113 Å². The Morgan fingerprint density at radius 1 is 1.29 bits per heavy atom. The van der Waals surface area contributed by atoms with Crippen molar-refractivity contribution in [3.05, 3.63) is 0 Å². The Bertz CT molecular complexity index is 461. The number of rotatable bonds is 5. The van der Waals surface area contributed by atoms with Gasteiger partial charge in [0.1, 0.15) is 0 Å². The molecule has 0 aromatic rings. The van der Waals surface area contributed by atoms with Crippen molar-refractivity contribution in [3.8, 4) is 0 Å². The van der Waals surface area contributed by atoms with Gasteiger partial charge in [0, 0.05) is 19.6 Å². The van der Waals surface area contributed by atoms with Gasteiger partial charge in [-0.15, -0.1) is 0 Å². The zero-order chi connectivity index (χ0) is 15.7. The van der Waals surface area contributed by atoms with Gasteiger partial charge in [-0.25, -0.2) is 4.79 Å². The molecule has 3 amide bonds. The summed E-state index contributed by atoms with van der Waals surface area (Å²) in [4.78, 5) is 36.0. The van der Waals surface area contributed by atoms with E-state index >= 15 is 0 Å². The second-order valence-electron chi connectivity index (χ2n) is 6.68. The highest BCUT2D eigenvalue weighted by Gasteiger charge is 2.42. The van der Waals surface area contributed by atoms with Crippen molar-refractivity contribution in [1.82, 2.24) is 10.2 Å². The van der Waals surface area contributed by atoms with Crippen LogP contribution < -0.4 is 11.1 Å². The summed E-state index contributed by atoms with van der Waals surface area (Å²) in [7, 11) is 0. The van der Waals surface area contributed by atoms with Crippen molar-refractivity contribution in [1.29, 1.82) is 0 Å². The van der Waals surface area contributed by atoms with E-state index in [2.05, 4.69) is 5.32 Å². The molecule has 21 heavy (non-hydrogen) atoms.